The number of benzene rings is 1. The minimum Gasteiger partial charge on any atom is -0.478 e. The van der Waals surface area contributed by atoms with Crippen LogP contribution in [-0.4, -0.2) is 74.0 Å². The molecule has 5 unspecified atom stereocenters. The summed E-state index contributed by atoms with van der Waals surface area (Å²) in [5.41, 5.74) is 0.418. The molecule has 3 aliphatic heterocycles. The highest BCUT2D eigenvalue weighted by Crippen LogP contribution is 2.51. The van der Waals surface area contributed by atoms with E-state index < -0.39 is 30.0 Å². The number of hydrogen-bond acceptors (Lipinski definition) is 7. The lowest BCUT2D eigenvalue weighted by Crippen LogP contribution is -2.63. The van der Waals surface area contributed by atoms with E-state index in [0.717, 1.165) is 0 Å². The normalized spacial score (nSPS) is 29.5. The number of rotatable bonds is 7. The standard InChI is InChI=1S/C22H25N3O7S/c1-9-16-15(10(2)26)20(28)25(16)17(22(31)32)18(9)33-13-7-14(23-8-13)19(27)24-12-5-3-4-11(6-12)21(29)30/h3-6,9-10,13-16,23,26H,7-8H2,1-2H3,(H,24,27)(H,29,30)(H,31,32)/t9?,10?,13?,14?,15?,16-/m0/s1. The van der Waals surface area contributed by atoms with Crippen LogP contribution in [0.1, 0.15) is 30.6 Å². The third-order valence-electron chi connectivity index (χ3n) is 6.39. The number of aliphatic carboxylic acids is 1. The van der Waals surface area contributed by atoms with Crippen LogP contribution in [0.25, 0.3) is 0 Å². The molecule has 3 heterocycles. The predicted octanol–water partition coefficient (Wildman–Crippen LogP) is 0.941. The molecule has 2 fully saturated rings. The number of β-lactam (4-membered cyclic amide) rings is 1. The van der Waals surface area contributed by atoms with Crippen molar-refractivity contribution in [1.82, 2.24) is 10.2 Å². The molecule has 10 nitrogen and oxygen atoms in total. The highest BCUT2D eigenvalue weighted by atomic mass is 32.2. The number of anilines is 1. The first-order valence-corrected chi connectivity index (χ1v) is 11.5. The monoisotopic (exact) mass is 475 g/mol. The van der Waals surface area contributed by atoms with E-state index in [9.17, 15) is 29.4 Å². The Hall–Kier alpha value is -2.89. The van der Waals surface area contributed by atoms with Gasteiger partial charge in [-0.25, -0.2) is 9.59 Å². The largest absolute Gasteiger partial charge is 0.478 e. The summed E-state index contributed by atoms with van der Waals surface area (Å²) in [6, 6.07) is 5.07. The summed E-state index contributed by atoms with van der Waals surface area (Å²) in [4.78, 5) is 50.1. The second kappa shape index (κ2) is 8.81. The molecule has 0 spiro atoms. The summed E-state index contributed by atoms with van der Waals surface area (Å²) >= 11 is 1.36. The van der Waals surface area contributed by atoms with Crippen molar-refractivity contribution in [2.24, 2.45) is 11.8 Å². The molecule has 3 aliphatic rings. The highest BCUT2D eigenvalue weighted by molar-refractivity contribution is 8.03. The second-order valence-corrected chi connectivity index (χ2v) is 9.93. The number of nitrogens with one attached hydrogen (secondary N) is 2. The number of carbonyl (C=O) groups excluding carboxylic acids is 2. The fraction of sp³-hybridized carbons (Fsp3) is 0.455. The van der Waals surface area contributed by atoms with Crippen molar-refractivity contribution in [3.63, 3.8) is 0 Å². The fourth-order valence-corrected chi connectivity index (χ4v) is 6.29. The van der Waals surface area contributed by atoms with Crippen molar-refractivity contribution in [2.45, 2.75) is 43.7 Å². The molecule has 11 heteroatoms. The lowest BCUT2D eigenvalue weighted by molar-refractivity contribution is -0.163. The number of hydrogen-bond donors (Lipinski definition) is 5. The maximum atomic E-state index is 12.7. The van der Waals surface area contributed by atoms with Gasteiger partial charge in [0.1, 0.15) is 5.70 Å². The fourth-order valence-electron chi connectivity index (χ4n) is 4.81. The number of fused-ring (bicyclic) bond motifs is 1. The summed E-state index contributed by atoms with van der Waals surface area (Å²) in [6.45, 7) is 3.87. The number of aromatic carboxylic acids is 1. The smallest absolute Gasteiger partial charge is 0.353 e. The Bertz CT molecular complexity index is 1060. The Morgan fingerprint density at radius 1 is 1.24 bits per heavy atom. The maximum Gasteiger partial charge on any atom is 0.353 e. The minimum atomic E-state index is -1.18. The molecule has 0 saturated carbocycles. The van der Waals surface area contributed by atoms with Gasteiger partial charge < -0.3 is 30.9 Å². The number of nitrogens with zero attached hydrogens (tertiary/aromatic N) is 1. The minimum absolute atomic E-state index is 0.0298. The van der Waals surface area contributed by atoms with Gasteiger partial charge in [-0.3, -0.25) is 9.59 Å². The van der Waals surface area contributed by atoms with Gasteiger partial charge in [0.2, 0.25) is 11.8 Å². The molecule has 2 saturated heterocycles. The van der Waals surface area contributed by atoms with Gasteiger partial charge >= 0.3 is 11.9 Å². The summed E-state index contributed by atoms with van der Waals surface area (Å²) in [5.74, 6) is -3.79. The SMILES string of the molecule is CC(O)C1C(=O)N2C(C(=O)O)=C(SC3CNC(C(=O)Nc4cccc(C(=O)O)c4)C3)C(C)[C@@H]12. The average Bonchev–Trinajstić information content (AvgIpc) is 3.30. The van der Waals surface area contributed by atoms with Gasteiger partial charge in [-0.2, -0.15) is 0 Å². The lowest BCUT2D eigenvalue weighted by Gasteiger charge is -2.46. The Kier molecular flexibility index (Phi) is 6.21. The van der Waals surface area contributed by atoms with Crippen LogP contribution in [0.15, 0.2) is 34.9 Å². The van der Waals surface area contributed by atoms with E-state index in [1.165, 1.54) is 35.7 Å². The molecule has 4 rings (SSSR count). The second-order valence-electron chi connectivity index (χ2n) is 8.58. The highest BCUT2D eigenvalue weighted by Gasteiger charge is 2.60. The van der Waals surface area contributed by atoms with Gasteiger partial charge in [0.25, 0.3) is 0 Å². The van der Waals surface area contributed by atoms with Crippen LogP contribution in [0.3, 0.4) is 0 Å². The van der Waals surface area contributed by atoms with Gasteiger partial charge in [0.15, 0.2) is 0 Å². The summed E-state index contributed by atoms with van der Waals surface area (Å²) in [7, 11) is 0. The van der Waals surface area contributed by atoms with Crippen LogP contribution >= 0.6 is 11.8 Å². The summed E-state index contributed by atoms with van der Waals surface area (Å²) in [5, 5.41) is 34.6. The molecule has 0 radical (unpaired) electrons. The van der Waals surface area contributed by atoms with Crippen LogP contribution in [0.2, 0.25) is 0 Å². The van der Waals surface area contributed by atoms with Crippen molar-refractivity contribution >= 4 is 41.2 Å². The molecule has 0 bridgehead atoms. The summed E-state index contributed by atoms with van der Waals surface area (Å²) in [6.07, 6.45) is -0.419. The van der Waals surface area contributed by atoms with Gasteiger partial charge in [0, 0.05) is 28.3 Å². The molecular weight excluding hydrogens is 450 g/mol. The van der Waals surface area contributed by atoms with E-state index in [2.05, 4.69) is 10.6 Å². The molecule has 176 valence electrons. The van der Waals surface area contributed by atoms with Gasteiger partial charge in [-0.1, -0.05) is 13.0 Å². The van der Waals surface area contributed by atoms with Crippen LogP contribution in [0, 0.1) is 11.8 Å². The number of carboxylic acids is 2. The molecule has 5 N–H and O–H groups in total. The average molecular weight is 476 g/mol. The van der Waals surface area contributed by atoms with Crippen LogP contribution in [0.5, 0.6) is 0 Å². The van der Waals surface area contributed by atoms with Crippen molar-refractivity contribution in [2.75, 3.05) is 11.9 Å². The van der Waals surface area contributed by atoms with Crippen molar-refractivity contribution in [3.05, 3.63) is 40.4 Å². The first kappa shape index (κ1) is 23.3. The zero-order chi connectivity index (χ0) is 24.0. The van der Waals surface area contributed by atoms with Crippen LogP contribution in [0.4, 0.5) is 5.69 Å². The first-order valence-electron chi connectivity index (χ1n) is 10.6. The topological polar surface area (TPSA) is 156 Å². The molecule has 6 atom stereocenters. The summed E-state index contributed by atoms with van der Waals surface area (Å²) < 4.78 is 0. The predicted molar refractivity (Wildman–Crippen MR) is 119 cm³/mol. The first-order chi connectivity index (χ1) is 15.6. The molecule has 1 aromatic rings. The van der Waals surface area contributed by atoms with E-state index in [1.807, 2.05) is 6.92 Å². The van der Waals surface area contributed by atoms with Gasteiger partial charge in [0.05, 0.1) is 29.7 Å². The number of aliphatic hydroxyl groups excluding tert-OH is 1. The quantitative estimate of drug-likeness (QED) is 0.362. The molecule has 1 aromatic carbocycles. The van der Waals surface area contributed by atoms with Crippen molar-refractivity contribution < 1.29 is 34.5 Å². The van der Waals surface area contributed by atoms with E-state index in [4.69, 9.17) is 5.11 Å². The number of thioether (sulfide) groups is 1. The number of amides is 2. The van der Waals surface area contributed by atoms with E-state index >= 15 is 0 Å². The Labute approximate surface area is 194 Å². The van der Waals surface area contributed by atoms with Crippen LogP contribution < -0.4 is 10.6 Å². The number of carbonyl (C=O) groups is 4. The third kappa shape index (κ3) is 4.11. The Balaban J connectivity index is 1.43. The molecule has 0 aliphatic carbocycles. The van der Waals surface area contributed by atoms with Crippen molar-refractivity contribution in [1.29, 1.82) is 0 Å². The van der Waals surface area contributed by atoms with Gasteiger partial charge in [-0.05, 0) is 31.5 Å². The van der Waals surface area contributed by atoms with E-state index in [1.54, 1.807) is 12.1 Å². The molecule has 2 amide bonds. The maximum absolute atomic E-state index is 12.7. The molecule has 33 heavy (non-hydrogen) atoms. The van der Waals surface area contributed by atoms with Crippen LogP contribution in [-0.2, 0) is 14.4 Å². The Morgan fingerprint density at radius 2 is 1.97 bits per heavy atom. The number of carboxylic acid groups (broad SMARTS) is 2. The lowest BCUT2D eigenvalue weighted by atomic mass is 9.79. The zero-order valence-corrected chi connectivity index (χ0v) is 18.8. The zero-order valence-electron chi connectivity index (χ0n) is 18.0. The molecular formula is C22H25N3O7S. The van der Waals surface area contributed by atoms with E-state index in [-0.39, 0.29) is 40.3 Å². The van der Waals surface area contributed by atoms with Gasteiger partial charge in [-0.15, -0.1) is 11.8 Å². The molecule has 0 aromatic heterocycles. The Morgan fingerprint density at radius 3 is 2.61 bits per heavy atom. The third-order valence-corrected chi connectivity index (χ3v) is 7.90. The van der Waals surface area contributed by atoms with Crippen molar-refractivity contribution in [3.8, 4) is 0 Å². The number of aliphatic hydroxyl groups is 1. The van der Waals surface area contributed by atoms with E-state index in [0.29, 0.717) is 23.6 Å².